The van der Waals surface area contributed by atoms with E-state index in [2.05, 4.69) is 19.2 Å². The predicted octanol–water partition coefficient (Wildman–Crippen LogP) is 3.85. The number of nitrogens with two attached hydrogens (primary N) is 1. The van der Waals surface area contributed by atoms with E-state index in [1.54, 1.807) is 0 Å². The minimum absolute atomic E-state index is 0. The van der Waals surface area contributed by atoms with Crippen molar-refractivity contribution in [1.29, 1.82) is 0 Å². The minimum atomic E-state index is -0.302. The quantitative estimate of drug-likeness (QED) is 0.626. The number of amides is 1. The van der Waals surface area contributed by atoms with Crippen molar-refractivity contribution in [2.45, 2.75) is 58.9 Å². The molecule has 24 heavy (non-hydrogen) atoms. The van der Waals surface area contributed by atoms with Crippen molar-refractivity contribution in [2.75, 3.05) is 13.2 Å². The molecule has 0 saturated heterocycles. The Balaban J connectivity index is 0.00000529. The molecule has 1 amide bonds. The summed E-state index contributed by atoms with van der Waals surface area (Å²) in [7, 11) is 0. The van der Waals surface area contributed by atoms with Gasteiger partial charge in [0.25, 0.3) is 0 Å². The number of benzene rings is 1. The molecule has 1 atom stereocenters. The van der Waals surface area contributed by atoms with E-state index in [4.69, 9.17) is 10.5 Å². The molecule has 5 heteroatoms. The maximum absolute atomic E-state index is 12.1. The van der Waals surface area contributed by atoms with Gasteiger partial charge in [-0.05, 0) is 56.7 Å². The van der Waals surface area contributed by atoms with Gasteiger partial charge in [-0.15, -0.1) is 12.4 Å². The zero-order valence-electron chi connectivity index (χ0n) is 15.4. The predicted molar refractivity (Wildman–Crippen MR) is 103 cm³/mol. The Morgan fingerprint density at radius 1 is 1.33 bits per heavy atom. The van der Waals surface area contributed by atoms with Crippen molar-refractivity contribution in [3.8, 4) is 5.75 Å². The summed E-state index contributed by atoms with van der Waals surface area (Å²) < 4.78 is 5.69. The van der Waals surface area contributed by atoms with Gasteiger partial charge in [-0.1, -0.05) is 26.0 Å². The number of carbonyl (C=O) groups excluding carboxylic acids is 1. The first-order valence-electron chi connectivity index (χ1n) is 8.55. The van der Waals surface area contributed by atoms with Gasteiger partial charge >= 0.3 is 0 Å². The van der Waals surface area contributed by atoms with E-state index in [0.717, 1.165) is 25.0 Å². The fraction of sp³-hybridized carbons (Fsp3) is 0.632. The molecule has 1 aromatic rings. The summed E-state index contributed by atoms with van der Waals surface area (Å²) in [4.78, 5) is 12.1. The summed E-state index contributed by atoms with van der Waals surface area (Å²) in [6.45, 7) is 9.45. The Labute approximate surface area is 152 Å². The van der Waals surface area contributed by atoms with Gasteiger partial charge in [-0.3, -0.25) is 4.79 Å². The standard InChI is InChI=1S/C19H32N2O2.ClH/c1-15(2)13-19(4,14-20)21-18(22)10-5-6-11-23-17-9-7-8-16(3)12-17;/h7-9,12,15H,5-6,10-11,13-14,20H2,1-4H3,(H,21,22);1H. The van der Waals surface area contributed by atoms with E-state index in [1.807, 2.05) is 38.1 Å². The van der Waals surface area contributed by atoms with E-state index < -0.39 is 0 Å². The van der Waals surface area contributed by atoms with Crippen LogP contribution < -0.4 is 15.8 Å². The average Bonchev–Trinajstić information content (AvgIpc) is 2.46. The van der Waals surface area contributed by atoms with Crippen LogP contribution in [0.1, 0.15) is 52.0 Å². The Morgan fingerprint density at radius 3 is 2.62 bits per heavy atom. The number of hydrogen-bond donors (Lipinski definition) is 2. The molecule has 0 aromatic heterocycles. The first kappa shape index (κ1) is 22.7. The molecule has 0 radical (unpaired) electrons. The van der Waals surface area contributed by atoms with Gasteiger partial charge in [0.15, 0.2) is 0 Å². The van der Waals surface area contributed by atoms with Crippen LogP contribution in [0.25, 0.3) is 0 Å². The van der Waals surface area contributed by atoms with Crippen LogP contribution in [0.2, 0.25) is 0 Å². The smallest absolute Gasteiger partial charge is 0.220 e. The van der Waals surface area contributed by atoms with E-state index in [0.29, 0.717) is 25.5 Å². The topological polar surface area (TPSA) is 64.3 Å². The maximum atomic E-state index is 12.1. The highest BCUT2D eigenvalue weighted by molar-refractivity contribution is 5.85. The van der Waals surface area contributed by atoms with Crippen molar-refractivity contribution < 1.29 is 9.53 Å². The number of aryl methyl sites for hydroxylation is 1. The van der Waals surface area contributed by atoms with Crippen LogP contribution in [-0.2, 0) is 4.79 Å². The van der Waals surface area contributed by atoms with Crippen molar-refractivity contribution in [3.05, 3.63) is 29.8 Å². The van der Waals surface area contributed by atoms with Crippen LogP contribution in [0.15, 0.2) is 24.3 Å². The van der Waals surface area contributed by atoms with E-state index in [9.17, 15) is 4.79 Å². The van der Waals surface area contributed by atoms with Crippen molar-refractivity contribution in [2.24, 2.45) is 11.7 Å². The molecule has 0 heterocycles. The molecular formula is C19H33ClN2O2. The normalized spacial score (nSPS) is 13.1. The van der Waals surface area contributed by atoms with Crippen LogP contribution >= 0.6 is 12.4 Å². The van der Waals surface area contributed by atoms with Gasteiger partial charge in [0.1, 0.15) is 5.75 Å². The highest BCUT2D eigenvalue weighted by Crippen LogP contribution is 2.16. The van der Waals surface area contributed by atoms with Gasteiger partial charge in [-0.25, -0.2) is 0 Å². The van der Waals surface area contributed by atoms with Crippen LogP contribution in [0.3, 0.4) is 0 Å². The number of unbranched alkanes of at least 4 members (excludes halogenated alkanes) is 1. The van der Waals surface area contributed by atoms with E-state index >= 15 is 0 Å². The Bertz CT molecular complexity index is 494. The number of carbonyl (C=O) groups is 1. The van der Waals surface area contributed by atoms with Gasteiger partial charge < -0.3 is 15.8 Å². The molecule has 0 spiro atoms. The highest BCUT2D eigenvalue weighted by atomic mass is 35.5. The first-order valence-corrected chi connectivity index (χ1v) is 8.55. The summed E-state index contributed by atoms with van der Waals surface area (Å²) in [5, 5.41) is 3.09. The summed E-state index contributed by atoms with van der Waals surface area (Å²) in [6.07, 6.45) is 3.10. The number of nitrogens with one attached hydrogen (secondary N) is 1. The molecule has 1 rings (SSSR count). The Morgan fingerprint density at radius 2 is 2.04 bits per heavy atom. The fourth-order valence-electron chi connectivity index (χ4n) is 2.77. The lowest BCUT2D eigenvalue weighted by molar-refractivity contribution is -0.123. The third kappa shape index (κ3) is 9.14. The van der Waals surface area contributed by atoms with Crippen molar-refractivity contribution in [3.63, 3.8) is 0 Å². The van der Waals surface area contributed by atoms with Gasteiger partial charge in [0, 0.05) is 18.5 Å². The van der Waals surface area contributed by atoms with Crippen LogP contribution in [0.5, 0.6) is 5.75 Å². The number of rotatable bonds is 10. The van der Waals surface area contributed by atoms with Gasteiger partial charge in [0.05, 0.1) is 6.61 Å². The fourth-order valence-corrected chi connectivity index (χ4v) is 2.77. The second-order valence-electron chi connectivity index (χ2n) is 7.03. The molecule has 0 bridgehead atoms. The molecule has 0 aliphatic heterocycles. The maximum Gasteiger partial charge on any atom is 0.220 e. The lowest BCUT2D eigenvalue weighted by Gasteiger charge is -2.31. The summed E-state index contributed by atoms with van der Waals surface area (Å²) in [5.41, 5.74) is 6.71. The lowest BCUT2D eigenvalue weighted by atomic mass is 9.90. The molecule has 1 aromatic carbocycles. The lowest BCUT2D eigenvalue weighted by Crippen LogP contribution is -2.52. The second-order valence-corrected chi connectivity index (χ2v) is 7.03. The van der Waals surface area contributed by atoms with Gasteiger partial charge in [0.2, 0.25) is 5.91 Å². The monoisotopic (exact) mass is 356 g/mol. The summed E-state index contributed by atoms with van der Waals surface area (Å²) in [6, 6.07) is 8.01. The molecule has 4 nitrogen and oxygen atoms in total. The molecule has 0 saturated carbocycles. The zero-order valence-corrected chi connectivity index (χ0v) is 16.2. The summed E-state index contributed by atoms with van der Waals surface area (Å²) in [5.74, 6) is 1.47. The molecule has 138 valence electrons. The van der Waals surface area contributed by atoms with Crippen molar-refractivity contribution >= 4 is 18.3 Å². The third-order valence-electron chi connectivity index (χ3n) is 3.81. The SMILES string of the molecule is Cc1cccc(OCCCCC(=O)NC(C)(CN)CC(C)C)c1.Cl. The van der Waals surface area contributed by atoms with Crippen LogP contribution in [0, 0.1) is 12.8 Å². The molecule has 1 unspecified atom stereocenters. The van der Waals surface area contributed by atoms with Crippen molar-refractivity contribution in [1.82, 2.24) is 5.32 Å². The first-order chi connectivity index (χ1) is 10.8. The second kappa shape index (κ2) is 11.3. The number of ether oxygens (including phenoxy) is 1. The molecule has 0 aliphatic carbocycles. The van der Waals surface area contributed by atoms with Crippen LogP contribution in [-0.4, -0.2) is 24.6 Å². The average molecular weight is 357 g/mol. The number of halogens is 1. The molecular weight excluding hydrogens is 324 g/mol. The molecule has 3 N–H and O–H groups in total. The minimum Gasteiger partial charge on any atom is -0.494 e. The van der Waals surface area contributed by atoms with E-state index in [-0.39, 0.29) is 23.9 Å². The third-order valence-corrected chi connectivity index (χ3v) is 3.81. The molecule has 0 aliphatic rings. The van der Waals surface area contributed by atoms with Gasteiger partial charge in [-0.2, -0.15) is 0 Å². The van der Waals surface area contributed by atoms with Crippen LogP contribution in [0.4, 0.5) is 0 Å². The molecule has 0 fully saturated rings. The largest absolute Gasteiger partial charge is 0.494 e. The Hall–Kier alpha value is -1.26. The highest BCUT2D eigenvalue weighted by Gasteiger charge is 2.25. The number of hydrogen-bond acceptors (Lipinski definition) is 3. The zero-order chi connectivity index (χ0) is 17.3. The van der Waals surface area contributed by atoms with E-state index in [1.165, 1.54) is 5.56 Å². The Kier molecular flexibility index (Phi) is 10.7. The summed E-state index contributed by atoms with van der Waals surface area (Å²) >= 11 is 0.